The number of thiophene rings is 1. The summed E-state index contributed by atoms with van der Waals surface area (Å²) < 4.78 is 0. The van der Waals surface area contributed by atoms with Gasteiger partial charge in [-0.05, 0) is 23.8 Å². The maximum Gasteiger partial charge on any atom is 0.267 e. The first-order chi connectivity index (χ1) is 8.79. The average molecular weight is 259 g/mol. The molecule has 0 radical (unpaired) electrons. The minimum absolute atomic E-state index is 0.271. The van der Waals surface area contributed by atoms with E-state index >= 15 is 0 Å². The van der Waals surface area contributed by atoms with Crippen LogP contribution in [0.15, 0.2) is 48.5 Å². The number of rotatable bonds is 4. The fraction of sp³-hybridized carbons (Fsp3) is 0.0714. The van der Waals surface area contributed by atoms with Crippen LogP contribution in [0.4, 0.5) is 0 Å². The lowest BCUT2D eigenvalue weighted by Crippen LogP contribution is -2.18. The topological polar surface area (TPSA) is 38.3 Å². The molecule has 1 aromatic heterocycles. The Bertz CT molecular complexity index is 546. The van der Waals surface area contributed by atoms with E-state index in [1.807, 2.05) is 30.3 Å². The molecule has 1 N–H and O–H groups in total. The van der Waals surface area contributed by atoms with E-state index in [0.717, 1.165) is 4.88 Å². The van der Waals surface area contributed by atoms with Crippen molar-refractivity contribution in [2.75, 3.05) is 7.11 Å². The molecule has 4 heteroatoms. The van der Waals surface area contributed by atoms with Crippen LogP contribution in [0.25, 0.3) is 16.5 Å². The highest BCUT2D eigenvalue weighted by molar-refractivity contribution is 7.16. The summed E-state index contributed by atoms with van der Waals surface area (Å²) in [5.41, 5.74) is 3.42. The first-order valence-electron chi connectivity index (χ1n) is 5.46. The van der Waals surface area contributed by atoms with Crippen LogP contribution in [-0.4, -0.2) is 13.0 Å². The second-order valence-corrected chi connectivity index (χ2v) is 4.69. The summed E-state index contributed by atoms with van der Waals surface area (Å²) in [5.74, 6) is -0.271. The Labute approximate surface area is 110 Å². The van der Waals surface area contributed by atoms with Gasteiger partial charge in [0.25, 0.3) is 5.91 Å². The zero-order valence-electron chi connectivity index (χ0n) is 9.92. The van der Waals surface area contributed by atoms with Gasteiger partial charge in [-0.15, -0.1) is 11.3 Å². The predicted molar refractivity (Wildman–Crippen MR) is 73.9 cm³/mol. The Hall–Kier alpha value is -1.91. The summed E-state index contributed by atoms with van der Waals surface area (Å²) in [5, 5.41) is 0. The number of hydrogen-bond acceptors (Lipinski definition) is 3. The van der Waals surface area contributed by atoms with Crippen molar-refractivity contribution in [3.63, 3.8) is 0 Å². The molecule has 18 heavy (non-hydrogen) atoms. The Morgan fingerprint density at radius 2 is 2.00 bits per heavy atom. The fourth-order valence-corrected chi connectivity index (χ4v) is 2.41. The fourth-order valence-electron chi connectivity index (χ4n) is 1.49. The van der Waals surface area contributed by atoms with Gasteiger partial charge >= 0.3 is 0 Å². The van der Waals surface area contributed by atoms with Crippen molar-refractivity contribution in [3.05, 3.63) is 53.4 Å². The van der Waals surface area contributed by atoms with Crippen molar-refractivity contribution in [1.82, 2.24) is 5.48 Å². The largest absolute Gasteiger partial charge is 0.277 e. The lowest BCUT2D eigenvalue weighted by molar-refractivity contribution is -0.126. The molecule has 0 atom stereocenters. The Balaban J connectivity index is 2.09. The van der Waals surface area contributed by atoms with Crippen molar-refractivity contribution in [3.8, 4) is 10.4 Å². The highest BCUT2D eigenvalue weighted by atomic mass is 32.1. The third kappa shape index (κ3) is 3.29. The van der Waals surface area contributed by atoms with E-state index in [0.29, 0.717) is 0 Å². The van der Waals surface area contributed by atoms with Crippen LogP contribution in [0.5, 0.6) is 0 Å². The highest BCUT2D eigenvalue weighted by Gasteiger charge is 2.00. The summed E-state index contributed by atoms with van der Waals surface area (Å²) in [4.78, 5) is 17.9. The van der Waals surface area contributed by atoms with Crippen molar-refractivity contribution < 1.29 is 9.63 Å². The molecule has 1 amide bonds. The van der Waals surface area contributed by atoms with Gasteiger partial charge in [-0.2, -0.15) is 0 Å². The zero-order chi connectivity index (χ0) is 12.8. The van der Waals surface area contributed by atoms with Crippen LogP contribution in [0.3, 0.4) is 0 Å². The molecular weight excluding hydrogens is 246 g/mol. The quantitative estimate of drug-likeness (QED) is 0.677. The standard InChI is InChI=1S/C14H13NO2S/c1-17-15-14(16)10-8-12-7-9-13(18-12)11-5-3-2-4-6-11/h2-10H,1H3,(H,15,16)/b10-8+. The predicted octanol–water partition coefficient (Wildman–Crippen LogP) is 3.11. The highest BCUT2D eigenvalue weighted by Crippen LogP contribution is 2.28. The van der Waals surface area contributed by atoms with Gasteiger partial charge in [0, 0.05) is 15.8 Å². The summed E-state index contributed by atoms with van der Waals surface area (Å²) in [6, 6.07) is 14.2. The van der Waals surface area contributed by atoms with Crippen molar-refractivity contribution in [2.45, 2.75) is 0 Å². The molecular formula is C14H13NO2S. The van der Waals surface area contributed by atoms with Gasteiger partial charge in [-0.1, -0.05) is 30.3 Å². The van der Waals surface area contributed by atoms with Gasteiger partial charge in [-0.3, -0.25) is 9.63 Å². The number of amides is 1. The second-order valence-electron chi connectivity index (χ2n) is 3.57. The van der Waals surface area contributed by atoms with E-state index in [1.165, 1.54) is 23.6 Å². The molecule has 0 bridgehead atoms. The molecule has 92 valence electrons. The number of hydroxylamine groups is 1. The van der Waals surface area contributed by atoms with Crippen LogP contribution in [0.1, 0.15) is 4.88 Å². The zero-order valence-corrected chi connectivity index (χ0v) is 10.7. The Morgan fingerprint density at radius 3 is 2.72 bits per heavy atom. The molecule has 0 saturated carbocycles. The molecule has 0 unspecified atom stereocenters. The minimum atomic E-state index is -0.271. The molecule has 1 aromatic carbocycles. The summed E-state index contributed by atoms with van der Waals surface area (Å²) in [6.45, 7) is 0. The number of hydrogen-bond donors (Lipinski definition) is 1. The molecule has 3 nitrogen and oxygen atoms in total. The molecule has 0 saturated heterocycles. The van der Waals surface area contributed by atoms with E-state index in [2.05, 4.69) is 22.5 Å². The molecule has 0 spiro atoms. The lowest BCUT2D eigenvalue weighted by Gasteiger charge is -1.95. The molecule has 0 fully saturated rings. The number of carbonyl (C=O) groups excluding carboxylic acids is 1. The van der Waals surface area contributed by atoms with Crippen LogP contribution in [0.2, 0.25) is 0 Å². The molecule has 2 rings (SSSR count). The van der Waals surface area contributed by atoms with Crippen molar-refractivity contribution in [2.24, 2.45) is 0 Å². The smallest absolute Gasteiger partial charge is 0.267 e. The summed E-state index contributed by atoms with van der Waals surface area (Å²) >= 11 is 1.64. The molecule has 0 aliphatic heterocycles. The summed E-state index contributed by atoms with van der Waals surface area (Å²) in [7, 11) is 1.41. The van der Waals surface area contributed by atoms with E-state index in [4.69, 9.17) is 0 Å². The number of nitrogens with one attached hydrogen (secondary N) is 1. The van der Waals surface area contributed by atoms with E-state index < -0.39 is 0 Å². The van der Waals surface area contributed by atoms with Gasteiger partial charge in [0.05, 0.1) is 7.11 Å². The van der Waals surface area contributed by atoms with Gasteiger partial charge in [0.15, 0.2) is 0 Å². The Kier molecular flexibility index (Phi) is 4.28. The minimum Gasteiger partial charge on any atom is -0.277 e. The van der Waals surface area contributed by atoms with Crippen LogP contribution >= 0.6 is 11.3 Å². The molecule has 2 aromatic rings. The number of carbonyl (C=O) groups is 1. The van der Waals surface area contributed by atoms with Crippen LogP contribution in [0, 0.1) is 0 Å². The van der Waals surface area contributed by atoms with Crippen molar-refractivity contribution in [1.29, 1.82) is 0 Å². The SMILES string of the molecule is CONC(=O)/C=C/c1ccc(-c2ccccc2)s1. The lowest BCUT2D eigenvalue weighted by atomic mass is 10.2. The monoisotopic (exact) mass is 259 g/mol. The van der Waals surface area contributed by atoms with Crippen LogP contribution < -0.4 is 5.48 Å². The van der Waals surface area contributed by atoms with Gasteiger partial charge in [0.1, 0.15) is 0 Å². The molecule has 1 heterocycles. The normalized spacial score (nSPS) is 10.7. The van der Waals surface area contributed by atoms with Gasteiger partial charge < -0.3 is 0 Å². The third-order valence-electron chi connectivity index (χ3n) is 2.29. The van der Waals surface area contributed by atoms with Crippen molar-refractivity contribution >= 4 is 23.3 Å². The maximum absolute atomic E-state index is 11.2. The first kappa shape index (κ1) is 12.5. The first-order valence-corrected chi connectivity index (χ1v) is 6.27. The summed E-state index contributed by atoms with van der Waals surface area (Å²) in [6.07, 6.45) is 3.22. The van der Waals surface area contributed by atoms with Crippen LogP contribution in [-0.2, 0) is 9.63 Å². The van der Waals surface area contributed by atoms with E-state index in [-0.39, 0.29) is 5.91 Å². The number of benzene rings is 1. The van der Waals surface area contributed by atoms with E-state index in [9.17, 15) is 4.79 Å². The molecule has 0 aliphatic carbocycles. The average Bonchev–Trinajstić information content (AvgIpc) is 2.87. The maximum atomic E-state index is 11.2. The third-order valence-corrected chi connectivity index (χ3v) is 3.39. The van der Waals surface area contributed by atoms with Gasteiger partial charge in [0.2, 0.25) is 0 Å². The second kappa shape index (κ2) is 6.14. The van der Waals surface area contributed by atoms with Gasteiger partial charge in [-0.25, -0.2) is 5.48 Å². The van der Waals surface area contributed by atoms with E-state index in [1.54, 1.807) is 17.4 Å². The Morgan fingerprint density at radius 1 is 1.22 bits per heavy atom. The molecule has 0 aliphatic rings.